The second-order valence-electron chi connectivity index (χ2n) is 4.41. The maximum absolute atomic E-state index is 6.19. The molecule has 21 heavy (non-hydrogen) atoms. The van der Waals surface area contributed by atoms with Crippen molar-refractivity contribution in [3.05, 3.63) is 71.4 Å². The lowest BCUT2D eigenvalue weighted by Crippen LogP contribution is -2.00. The summed E-state index contributed by atoms with van der Waals surface area (Å²) in [6.07, 6.45) is 0. The molecule has 0 radical (unpaired) electrons. The van der Waals surface area contributed by atoms with Crippen LogP contribution in [0.2, 0.25) is 5.02 Å². The van der Waals surface area contributed by atoms with E-state index in [0.717, 1.165) is 16.6 Å². The van der Waals surface area contributed by atoms with Crippen molar-refractivity contribution in [3.8, 4) is 0 Å². The SMILES string of the molecule is Cl/C(=N\Nc1ccc(Cl)cc1)c1ccc2ccccc2n1. The van der Waals surface area contributed by atoms with Gasteiger partial charge in [0, 0.05) is 10.4 Å². The number of hydrazone groups is 1. The summed E-state index contributed by atoms with van der Waals surface area (Å²) in [4.78, 5) is 4.48. The maximum atomic E-state index is 6.19. The Bertz CT molecular complexity index is 798. The van der Waals surface area contributed by atoms with E-state index in [1.165, 1.54) is 0 Å². The van der Waals surface area contributed by atoms with Crippen molar-refractivity contribution in [3.63, 3.8) is 0 Å². The highest BCUT2D eigenvalue weighted by molar-refractivity contribution is 6.69. The lowest BCUT2D eigenvalue weighted by Gasteiger charge is -2.03. The molecule has 104 valence electrons. The fourth-order valence-corrected chi connectivity index (χ4v) is 2.15. The molecule has 0 fully saturated rings. The predicted molar refractivity (Wildman–Crippen MR) is 89.2 cm³/mol. The Labute approximate surface area is 132 Å². The van der Waals surface area contributed by atoms with E-state index in [1.807, 2.05) is 48.5 Å². The first-order valence-corrected chi connectivity index (χ1v) is 7.09. The van der Waals surface area contributed by atoms with Crippen molar-refractivity contribution in [1.29, 1.82) is 0 Å². The van der Waals surface area contributed by atoms with Crippen LogP contribution in [0.5, 0.6) is 0 Å². The number of benzene rings is 2. The first-order valence-electron chi connectivity index (χ1n) is 6.33. The molecule has 0 aliphatic heterocycles. The molecular weight excluding hydrogens is 305 g/mol. The van der Waals surface area contributed by atoms with Crippen LogP contribution in [0.15, 0.2) is 65.8 Å². The first kappa shape index (κ1) is 13.9. The Kier molecular flexibility index (Phi) is 4.04. The Balaban J connectivity index is 1.83. The number of rotatable bonds is 3. The second kappa shape index (κ2) is 6.12. The Morgan fingerprint density at radius 1 is 0.952 bits per heavy atom. The molecule has 0 aliphatic rings. The largest absolute Gasteiger partial charge is 0.277 e. The summed E-state index contributed by atoms with van der Waals surface area (Å²) in [5.41, 5.74) is 5.19. The van der Waals surface area contributed by atoms with Gasteiger partial charge in [-0.1, -0.05) is 47.5 Å². The van der Waals surface area contributed by atoms with Gasteiger partial charge in [0.05, 0.1) is 11.2 Å². The van der Waals surface area contributed by atoms with Crippen LogP contribution < -0.4 is 5.43 Å². The molecule has 2 aromatic carbocycles. The van der Waals surface area contributed by atoms with Gasteiger partial charge in [0.2, 0.25) is 0 Å². The fraction of sp³-hybridized carbons (Fsp3) is 0. The van der Waals surface area contributed by atoms with E-state index in [-0.39, 0.29) is 0 Å². The molecule has 3 nitrogen and oxygen atoms in total. The monoisotopic (exact) mass is 315 g/mol. The molecule has 0 unspecified atom stereocenters. The van der Waals surface area contributed by atoms with E-state index in [1.54, 1.807) is 12.1 Å². The van der Waals surface area contributed by atoms with Crippen molar-refractivity contribution in [2.24, 2.45) is 5.10 Å². The number of hydrogen-bond acceptors (Lipinski definition) is 3. The summed E-state index contributed by atoms with van der Waals surface area (Å²) in [5, 5.41) is 6.17. The van der Waals surface area contributed by atoms with Crippen LogP contribution in [0, 0.1) is 0 Å². The van der Waals surface area contributed by atoms with Crippen molar-refractivity contribution < 1.29 is 0 Å². The molecular formula is C16H11Cl2N3. The Morgan fingerprint density at radius 3 is 2.52 bits per heavy atom. The van der Waals surface area contributed by atoms with E-state index in [0.29, 0.717) is 15.9 Å². The highest BCUT2D eigenvalue weighted by Gasteiger charge is 2.03. The summed E-state index contributed by atoms with van der Waals surface area (Å²) in [6, 6.07) is 18.9. The normalized spacial score (nSPS) is 11.6. The van der Waals surface area contributed by atoms with Gasteiger partial charge in [-0.25, -0.2) is 4.98 Å². The summed E-state index contributed by atoms with van der Waals surface area (Å²) in [5.74, 6) is 0. The molecule has 1 N–H and O–H groups in total. The molecule has 0 saturated carbocycles. The molecule has 1 aromatic heterocycles. The van der Waals surface area contributed by atoms with Crippen LogP contribution >= 0.6 is 23.2 Å². The van der Waals surface area contributed by atoms with E-state index < -0.39 is 0 Å². The molecule has 1 heterocycles. The highest BCUT2D eigenvalue weighted by Crippen LogP contribution is 2.15. The lowest BCUT2D eigenvalue weighted by atomic mass is 10.2. The van der Waals surface area contributed by atoms with Gasteiger partial charge in [-0.15, -0.1) is 0 Å². The summed E-state index contributed by atoms with van der Waals surface area (Å²) in [6.45, 7) is 0. The third-order valence-electron chi connectivity index (χ3n) is 2.94. The topological polar surface area (TPSA) is 37.3 Å². The van der Waals surface area contributed by atoms with Crippen molar-refractivity contribution in [2.45, 2.75) is 0 Å². The van der Waals surface area contributed by atoms with Gasteiger partial charge in [-0.05, 0) is 36.4 Å². The average molecular weight is 316 g/mol. The lowest BCUT2D eigenvalue weighted by molar-refractivity contribution is 1.31. The van der Waals surface area contributed by atoms with Crippen molar-refractivity contribution in [2.75, 3.05) is 5.43 Å². The van der Waals surface area contributed by atoms with Crippen LogP contribution in [0.25, 0.3) is 10.9 Å². The number of hydrogen-bond donors (Lipinski definition) is 1. The molecule has 5 heteroatoms. The van der Waals surface area contributed by atoms with Gasteiger partial charge in [0.25, 0.3) is 0 Å². The molecule has 0 atom stereocenters. The van der Waals surface area contributed by atoms with E-state index >= 15 is 0 Å². The minimum atomic E-state index is 0.302. The molecule has 0 spiro atoms. The minimum absolute atomic E-state index is 0.302. The van der Waals surface area contributed by atoms with Gasteiger partial charge >= 0.3 is 0 Å². The maximum Gasteiger partial charge on any atom is 0.174 e. The van der Waals surface area contributed by atoms with Crippen LogP contribution in [0.3, 0.4) is 0 Å². The molecule has 3 rings (SSSR count). The van der Waals surface area contributed by atoms with Crippen molar-refractivity contribution in [1.82, 2.24) is 4.98 Å². The predicted octanol–water partition coefficient (Wildman–Crippen LogP) is 4.90. The number of nitrogens with one attached hydrogen (secondary N) is 1. The van der Waals surface area contributed by atoms with Crippen LogP contribution in [-0.2, 0) is 0 Å². The highest BCUT2D eigenvalue weighted by atomic mass is 35.5. The number of nitrogens with zero attached hydrogens (tertiary/aromatic N) is 2. The van der Waals surface area contributed by atoms with Crippen LogP contribution in [0.4, 0.5) is 5.69 Å². The van der Waals surface area contributed by atoms with Gasteiger partial charge < -0.3 is 0 Å². The van der Waals surface area contributed by atoms with Gasteiger partial charge in [0.15, 0.2) is 5.17 Å². The molecule has 0 bridgehead atoms. The van der Waals surface area contributed by atoms with Crippen LogP contribution in [0.1, 0.15) is 5.69 Å². The second-order valence-corrected chi connectivity index (χ2v) is 5.20. The quantitative estimate of drug-likeness (QED) is 0.551. The Morgan fingerprint density at radius 2 is 1.71 bits per heavy atom. The van der Waals surface area contributed by atoms with Crippen molar-refractivity contribution >= 4 is 45.0 Å². The van der Waals surface area contributed by atoms with Gasteiger partial charge in [-0.3, -0.25) is 5.43 Å². The number of halogens is 2. The third-order valence-corrected chi connectivity index (χ3v) is 3.47. The van der Waals surface area contributed by atoms with E-state index in [4.69, 9.17) is 23.2 Å². The summed E-state index contributed by atoms with van der Waals surface area (Å²) >= 11 is 12.0. The first-order chi connectivity index (χ1) is 10.2. The zero-order valence-corrected chi connectivity index (χ0v) is 12.4. The zero-order chi connectivity index (χ0) is 14.7. The standard InChI is InChI=1S/C16H11Cl2N3/c17-12-6-8-13(9-7-12)20-21-16(18)15-10-5-11-3-1-2-4-14(11)19-15/h1-10,20H/b21-16-. The summed E-state index contributed by atoms with van der Waals surface area (Å²) < 4.78 is 0. The fourth-order valence-electron chi connectivity index (χ4n) is 1.88. The number of anilines is 1. The van der Waals surface area contributed by atoms with E-state index in [2.05, 4.69) is 15.5 Å². The average Bonchev–Trinajstić information content (AvgIpc) is 2.53. The smallest absolute Gasteiger partial charge is 0.174 e. The number of aromatic nitrogens is 1. The van der Waals surface area contributed by atoms with E-state index in [9.17, 15) is 0 Å². The number of pyridine rings is 1. The molecule has 0 saturated heterocycles. The third kappa shape index (κ3) is 3.32. The Hall–Kier alpha value is -2.10. The van der Waals surface area contributed by atoms with Crippen LogP contribution in [-0.4, -0.2) is 10.2 Å². The van der Waals surface area contributed by atoms with Gasteiger partial charge in [-0.2, -0.15) is 5.10 Å². The van der Waals surface area contributed by atoms with Gasteiger partial charge in [0.1, 0.15) is 5.69 Å². The number of fused-ring (bicyclic) bond motifs is 1. The minimum Gasteiger partial charge on any atom is -0.277 e. The number of para-hydroxylation sites is 1. The summed E-state index contributed by atoms with van der Waals surface area (Å²) in [7, 11) is 0. The molecule has 0 amide bonds. The molecule has 0 aliphatic carbocycles. The molecule has 3 aromatic rings. The zero-order valence-electron chi connectivity index (χ0n) is 10.9.